The van der Waals surface area contributed by atoms with Crippen molar-refractivity contribution < 1.29 is 14.8 Å². The second-order valence-corrected chi connectivity index (χ2v) is 4.46. The molecule has 1 saturated heterocycles. The molecule has 0 radical (unpaired) electrons. The molecule has 2 rings (SSSR count). The van der Waals surface area contributed by atoms with Crippen LogP contribution in [0.25, 0.3) is 0 Å². The minimum atomic E-state index is -0.772. The highest BCUT2D eigenvalue weighted by Crippen LogP contribution is 2.24. The first-order valence-electron chi connectivity index (χ1n) is 5.61. The number of hydrogen-bond acceptors (Lipinski definition) is 5. The molecule has 18 heavy (non-hydrogen) atoms. The molecule has 1 aromatic heterocycles. The summed E-state index contributed by atoms with van der Waals surface area (Å²) in [5, 5.41) is 23.9. The zero-order valence-electron chi connectivity index (χ0n) is 9.94. The van der Waals surface area contributed by atoms with Crippen molar-refractivity contribution in [2.24, 2.45) is 0 Å². The Hall–Kier alpha value is -1.96. The van der Waals surface area contributed by atoms with Gasteiger partial charge in [-0.05, 0) is 11.3 Å². The Morgan fingerprint density at radius 3 is 2.83 bits per heavy atom. The molecule has 1 fully saturated rings. The molecule has 1 aliphatic rings. The molecule has 1 amide bonds. The molecule has 0 atom stereocenters. The van der Waals surface area contributed by atoms with Gasteiger partial charge in [0, 0.05) is 0 Å². The predicted octanol–water partition coefficient (Wildman–Crippen LogP) is -0.225. The first-order chi connectivity index (χ1) is 8.43. The van der Waals surface area contributed by atoms with E-state index in [9.17, 15) is 20.0 Å². The van der Waals surface area contributed by atoms with Crippen molar-refractivity contribution >= 4 is 11.7 Å². The molecule has 0 bridgehead atoms. The normalized spacial score (nSPS) is 17.3. The molecule has 0 saturated carbocycles. The third-order valence-corrected chi connectivity index (χ3v) is 3.09. The lowest BCUT2D eigenvalue weighted by Crippen LogP contribution is -2.63. The van der Waals surface area contributed by atoms with Crippen molar-refractivity contribution in [2.45, 2.75) is 25.5 Å². The number of aliphatic hydroxyl groups is 1. The number of amides is 1. The van der Waals surface area contributed by atoms with Crippen LogP contribution in [0.4, 0.5) is 5.82 Å². The lowest BCUT2D eigenvalue weighted by atomic mass is 9.91. The molecule has 0 spiro atoms. The van der Waals surface area contributed by atoms with Crippen LogP contribution >= 0.6 is 0 Å². The van der Waals surface area contributed by atoms with Gasteiger partial charge < -0.3 is 20.1 Å². The monoisotopic (exact) mass is 254 g/mol. The number of carbonyl (C=O) groups is 1. The number of carbonyl (C=O) groups excluding carboxylic acids is 1. The van der Waals surface area contributed by atoms with Gasteiger partial charge >= 0.3 is 5.82 Å². The Kier molecular flexibility index (Phi) is 3.04. The number of rotatable bonds is 4. The fraction of sp³-hybridized carbons (Fsp3) is 0.600. The van der Waals surface area contributed by atoms with Crippen LogP contribution in [-0.4, -0.2) is 49.3 Å². The van der Waals surface area contributed by atoms with E-state index in [-0.39, 0.29) is 18.3 Å². The summed E-state index contributed by atoms with van der Waals surface area (Å²) in [6.45, 7) is 2.43. The van der Waals surface area contributed by atoms with Crippen molar-refractivity contribution in [3.05, 3.63) is 22.4 Å². The van der Waals surface area contributed by atoms with Crippen molar-refractivity contribution in [2.75, 3.05) is 13.1 Å². The van der Waals surface area contributed by atoms with E-state index >= 15 is 0 Å². The van der Waals surface area contributed by atoms with Gasteiger partial charge in [-0.1, -0.05) is 6.92 Å². The summed E-state index contributed by atoms with van der Waals surface area (Å²) in [6, 6.07) is 1.24. The molecular formula is C10H14N4O4. The summed E-state index contributed by atoms with van der Waals surface area (Å²) < 4.78 is 1.23. The Balaban J connectivity index is 1.90. The van der Waals surface area contributed by atoms with E-state index in [0.717, 1.165) is 0 Å². The summed E-state index contributed by atoms with van der Waals surface area (Å²) >= 11 is 0. The molecule has 8 heteroatoms. The third kappa shape index (κ3) is 2.33. The lowest BCUT2D eigenvalue weighted by Gasteiger charge is -2.45. The fourth-order valence-electron chi connectivity index (χ4n) is 1.84. The molecule has 0 aliphatic carbocycles. The van der Waals surface area contributed by atoms with Crippen LogP contribution < -0.4 is 0 Å². The molecule has 1 aliphatic heterocycles. The number of nitrogens with zero attached hydrogens (tertiary/aromatic N) is 4. The van der Waals surface area contributed by atoms with Gasteiger partial charge in [0.05, 0.1) is 36.1 Å². The van der Waals surface area contributed by atoms with Crippen LogP contribution in [0.3, 0.4) is 0 Å². The average molecular weight is 254 g/mol. The molecule has 0 aromatic carbocycles. The van der Waals surface area contributed by atoms with Crippen molar-refractivity contribution in [1.29, 1.82) is 0 Å². The molecule has 8 nitrogen and oxygen atoms in total. The SMILES string of the molecule is CCC1(O)CN(C(=O)Cn2ccc([N+](=O)[O-])n2)C1. The molecule has 98 valence electrons. The zero-order chi connectivity index (χ0) is 13.3. The van der Waals surface area contributed by atoms with Crippen molar-refractivity contribution in [3.63, 3.8) is 0 Å². The van der Waals surface area contributed by atoms with E-state index in [1.54, 1.807) is 0 Å². The van der Waals surface area contributed by atoms with Crippen LogP contribution in [-0.2, 0) is 11.3 Å². The molecule has 1 aromatic rings. The van der Waals surface area contributed by atoms with Crippen LogP contribution in [0.1, 0.15) is 13.3 Å². The smallest absolute Gasteiger partial charge is 0.386 e. The lowest BCUT2D eigenvalue weighted by molar-refractivity contribution is -0.389. The first-order valence-corrected chi connectivity index (χ1v) is 5.61. The molecule has 0 unspecified atom stereocenters. The minimum Gasteiger partial charge on any atom is -0.386 e. The van der Waals surface area contributed by atoms with E-state index in [0.29, 0.717) is 19.5 Å². The van der Waals surface area contributed by atoms with Gasteiger partial charge in [-0.15, -0.1) is 0 Å². The topological polar surface area (TPSA) is 102 Å². The van der Waals surface area contributed by atoms with Gasteiger partial charge in [0.2, 0.25) is 5.91 Å². The summed E-state index contributed by atoms with van der Waals surface area (Å²) in [7, 11) is 0. The van der Waals surface area contributed by atoms with Gasteiger partial charge in [0.15, 0.2) is 0 Å². The van der Waals surface area contributed by atoms with Crippen LogP contribution in [0.15, 0.2) is 12.3 Å². The van der Waals surface area contributed by atoms with Gasteiger partial charge in [-0.3, -0.25) is 4.79 Å². The maximum Gasteiger partial charge on any atom is 0.389 e. The highest BCUT2D eigenvalue weighted by atomic mass is 16.6. The van der Waals surface area contributed by atoms with Gasteiger partial charge in [-0.2, -0.15) is 4.68 Å². The van der Waals surface area contributed by atoms with E-state index in [1.807, 2.05) is 6.92 Å². The second kappa shape index (κ2) is 4.37. The fourth-order valence-corrected chi connectivity index (χ4v) is 1.84. The third-order valence-electron chi connectivity index (χ3n) is 3.09. The van der Waals surface area contributed by atoms with Gasteiger partial charge in [-0.25, -0.2) is 0 Å². The van der Waals surface area contributed by atoms with E-state index in [4.69, 9.17) is 0 Å². The Labute approximate surface area is 103 Å². The zero-order valence-corrected chi connectivity index (χ0v) is 9.94. The average Bonchev–Trinajstić information content (AvgIpc) is 2.73. The van der Waals surface area contributed by atoms with E-state index in [1.165, 1.54) is 21.8 Å². The van der Waals surface area contributed by atoms with E-state index < -0.39 is 10.5 Å². The number of hydrogen-bond donors (Lipinski definition) is 1. The van der Waals surface area contributed by atoms with Crippen molar-refractivity contribution in [1.82, 2.24) is 14.7 Å². The predicted molar refractivity (Wildman–Crippen MR) is 60.7 cm³/mol. The standard InChI is InChI=1S/C10H14N4O4/c1-2-10(16)6-12(7-10)9(15)5-13-4-3-8(11-13)14(17)18/h3-4,16H,2,5-7H2,1H3. The Morgan fingerprint density at radius 1 is 1.67 bits per heavy atom. The number of nitro groups is 1. The second-order valence-electron chi connectivity index (χ2n) is 4.46. The molecule has 2 heterocycles. The number of β-amino-alcohol motifs (C(OH)–C–C–N with tert-alkyl or cyclic N) is 1. The summed E-state index contributed by atoms with van der Waals surface area (Å²) in [5.41, 5.74) is -0.772. The Bertz CT molecular complexity index is 478. The summed E-state index contributed by atoms with van der Waals surface area (Å²) in [6.07, 6.45) is 1.99. The van der Waals surface area contributed by atoms with E-state index in [2.05, 4.69) is 5.10 Å². The number of aromatic nitrogens is 2. The molecular weight excluding hydrogens is 240 g/mol. The van der Waals surface area contributed by atoms with Gasteiger partial charge in [0.1, 0.15) is 6.54 Å². The summed E-state index contributed by atoms with van der Waals surface area (Å²) in [5.74, 6) is -0.484. The highest BCUT2D eigenvalue weighted by Gasteiger charge is 2.42. The van der Waals surface area contributed by atoms with Gasteiger partial charge in [0.25, 0.3) is 0 Å². The maximum absolute atomic E-state index is 11.8. The van der Waals surface area contributed by atoms with Crippen molar-refractivity contribution in [3.8, 4) is 0 Å². The Morgan fingerprint density at radius 2 is 2.33 bits per heavy atom. The largest absolute Gasteiger partial charge is 0.389 e. The number of likely N-dealkylation sites (tertiary alicyclic amines) is 1. The summed E-state index contributed by atoms with van der Waals surface area (Å²) in [4.78, 5) is 23.1. The highest BCUT2D eigenvalue weighted by molar-refractivity contribution is 5.77. The van der Waals surface area contributed by atoms with Crippen LogP contribution in [0, 0.1) is 10.1 Å². The maximum atomic E-state index is 11.8. The van der Waals surface area contributed by atoms with Crippen LogP contribution in [0.2, 0.25) is 0 Å². The molecule has 1 N–H and O–H groups in total. The first kappa shape index (κ1) is 12.5. The minimum absolute atomic E-state index is 0.0480. The quantitative estimate of drug-likeness (QED) is 0.591. The van der Waals surface area contributed by atoms with Crippen LogP contribution in [0.5, 0.6) is 0 Å².